The van der Waals surface area contributed by atoms with Crippen molar-refractivity contribution in [2.45, 2.75) is 25.7 Å². The molecular formula is C6H10F4O. The number of ether oxygens (including phenoxy) is 1. The number of hydrogen-bond donors (Lipinski definition) is 0. The summed E-state index contributed by atoms with van der Waals surface area (Å²) < 4.78 is 50.1. The summed E-state index contributed by atoms with van der Waals surface area (Å²) in [6.45, 7) is -0.297. The molecule has 0 aliphatic rings. The number of halogens is 4. The molecule has 0 unspecified atom stereocenters. The molecule has 0 amide bonds. The maximum Gasteiger partial charge on any atom is 0.240 e. The van der Waals surface area contributed by atoms with Crippen LogP contribution in [0.1, 0.15) is 12.8 Å². The number of alkyl halides is 4. The molecular weight excluding hydrogens is 164 g/mol. The third-order valence-corrected chi connectivity index (χ3v) is 0.961. The molecule has 0 saturated heterocycles. The van der Waals surface area contributed by atoms with Crippen molar-refractivity contribution in [2.75, 3.05) is 13.2 Å². The lowest BCUT2D eigenvalue weighted by atomic mass is 10.4. The first-order valence-electron chi connectivity index (χ1n) is 3.27. The lowest BCUT2D eigenvalue weighted by molar-refractivity contribution is 0.0405. The molecule has 11 heavy (non-hydrogen) atoms. The molecule has 1 nitrogen and oxygen atoms in total. The van der Waals surface area contributed by atoms with Crippen LogP contribution in [0.4, 0.5) is 17.6 Å². The van der Waals surface area contributed by atoms with Crippen molar-refractivity contribution < 1.29 is 22.3 Å². The summed E-state index contributed by atoms with van der Waals surface area (Å²) in [6.07, 6.45) is -5.60. The molecule has 0 atom stereocenters. The first-order valence-corrected chi connectivity index (χ1v) is 3.27. The molecule has 0 radical (unpaired) electrons. The molecule has 68 valence electrons. The van der Waals surface area contributed by atoms with Gasteiger partial charge in [0.2, 0.25) is 12.9 Å². The van der Waals surface area contributed by atoms with Gasteiger partial charge in [0.05, 0.1) is 13.2 Å². The van der Waals surface area contributed by atoms with Gasteiger partial charge in [-0.3, -0.25) is 0 Å². The minimum atomic E-state index is -2.42. The van der Waals surface area contributed by atoms with Crippen LogP contribution >= 0.6 is 0 Å². The van der Waals surface area contributed by atoms with E-state index < -0.39 is 12.9 Å². The van der Waals surface area contributed by atoms with Gasteiger partial charge in [0.15, 0.2) is 0 Å². The Bertz CT molecular complexity index is 76.7. The minimum absolute atomic E-state index is 0.148. The Hall–Kier alpha value is -0.320. The summed E-state index contributed by atoms with van der Waals surface area (Å²) in [6, 6.07) is 0. The van der Waals surface area contributed by atoms with Crippen LogP contribution in [0.15, 0.2) is 0 Å². The summed E-state index contributed by atoms with van der Waals surface area (Å²) in [7, 11) is 0. The third kappa shape index (κ3) is 9.68. The molecule has 0 aliphatic heterocycles. The van der Waals surface area contributed by atoms with E-state index in [4.69, 9.17) is 0 Å². The zero-order valence-electron chi connectivity index (χ0n) is 5.90. The van der Waals surface area contributed by atoms with E-state index in [0.29, 0.717) is 0 Å². The van der Waals surface area contributed by atoms with Crippen LogP contribution in [0, 0.1) is 0 Å². The lowest BCUT2D eigenvalue weighted by Gasteiger charge is -2.02. The largest absolute Gasteiger partial charge is 0.381 e. The normalized spacial score (nSPS) is 11.5. The molecule has 0 heterocycles. The number of hydrogen-bond acceptors (Lipinski definition) is 1. The van der Waals surface area contributed by atoms with Gasteiger partial charge in [-0.25, -0.2) is 17.6 Å². The van der Waals surface area contributed by atoms with Crippen molar-refractivity contribution in [3.8, 4) is 0 Å². The van der Waals surface area contributed by atoms with Crippen LogP contribution in [0.5, 0.6) is 0 Å². The van der Waals surface area contributed by atoms with E-state index in [9.17, 15) is 17.6 Å². The van der Waals surface area contributed by atoms with Gasteiger partial charge in [-0.2, -0.15) is 0 Å². The summed E-state index contributed by atoms with van der Waals surface area (Å²) in [5.41, 5.74) is 0. The Morgan fingerprint density at radius 2 is 1.18 bits per heavy atom. The molecule has 0 spiro atoms. The van der Waals surface area contributed by atoms with Gasteiger partial charge in [-0.1, -0.05) is 0 Å². The van der Waals surface area contributed by atoms with Gasteiger partial charge in [0.25, 0.3) is 0 Å². The van der Waals surface area contributed by atoms with Gasteiger partial charge < -0.3 is 4.74 Å². The Morgan fingerprint density at radius 1 is 0.818 bits per heavy atom. The summed E-state index contributed by atoms with van der Waals surface area (Å²) in [4.78, 5) is 0. The molecule has 0 aromatic heterocycles. The van der Waals surface area contributed by atoms with E-state index in [1.165, 1.54) is 0 Å². The SMILES string of the molecule is FC(F)CCOCCC(F)F. The van der Waals surface area contributed by atoms with E-state index in [-0.39, 0.29) is 26.1 Å². The van der Waals surface area contributed by atoms with E-state index in [1.54, 1.807) is 0 Å². The molecule has 0 N–H and O–H groups in total. The van der Waals surface area contributed by atoms with Crippen molar-refractivity contribution in [1.29, 1.82) is 0 Å². The lowest BCUT2D eigenvalue weighted by Crippen LogP contribution is -2.04. The first-order chi connectivity index (χ1) is 5.13. The summed E-state index contributed by atoms with van der Waals surface area (Å²) in [5.74, 6) is 0. The molecule has 0 aromatic carbocycles. The molecule has 0 aromatic rings. The van der Waals surface area contributed by atoms with E-state index >= 15 is 0 Å². The van der Waals surface area contributed by atoms with E-state index in [0.717, 1.165) is 0 Å². The highest BCUT2D eigenvalue weighted by Gasteiger charge is 2.03. The van der Waals surface area contributed by atoms with Crippen LogP contribution in [0.2, 0.25) is 0 Å². The van der Waals surface area contributed by atoms with Gasteiger partial charge in [-0.15, -0.1) is 0 Å². The van der Waals surface area contributed by atoms with Crippen LogP contribution in [-0.4, -0.2) is 26.1 Å². The van der Waals surface area contributed by atoms with Crippen molar-refractivity contribution in [1.82, 2.24) is 0 Å². The smallest absolute Gasteiger partial charge is 0.240 e. The zero-order valence-corrected chi connectivity index (χ0v) is 5.90. The van der Waals surface area contributed by atoms with Gasteiger partial charge >= 0.3 is 0 Å². The summed E-state index contributed by atoms with van der Waals surface area (Å²) in [5, 5.41) is 0. The van der Waals surface area contributed by atoms with Crippen LogP contribution in [0.3, 0.4) is 0 Å². The first kappa shape index (κ1) is 10.7. The van der Waals surface area contributed by atoms with E-state index in [2.05, 4.69) is 4.74 Å². The Morgan fingerprint density at radius 3 is 1.45 bits per heavy atom. The topological polar surface area (TPSA) is 9.23 Å². The number of rotatable bonds is 6. The Balaban J connectivity index is 2.91. The van der Waals surface area contributed by atoms with Gasteiger partial charge in [0.1, 0.15) is 0 Å². The van der Waals surface area contributed by atoms with Crippen molar-refractivity contribution >= 4 is 0 Å². The molecule has 0 fully saturated rings. The fourth-order valence-electron chi connectivity index (χ4n) is 0.447. The average Bonchev–Trinajstić information content (AvgIpc) is 1.85. The predicted molar refractivity (Wildman–Crippen MR) is 32.1 cm³/mol. The van der Waals surface area contributed by atoms with Crippen LogP contribution < -0.4 is 0 Å². The van der Waals surface area contributed by atoms with E-state index in [1.807, 2.05) is 0 Å². The highest BCUT2D eigenvalue weighted by atomic mass is 19.3. The standard InChI is InChI=1S/C6H10F4O/c7-5(8)1-3-11-4-2-6(9)10/h5-6H,1-4H2. The fourth-order valence-corrected chi connectivity index (χ4v) is 0.447. The van der Waals surface area contributed by atoms with Crippen molar-refractivity contribution in [3.63, 3.8) is 0 Å². The van der Waals surface area contributed by atoms with Crippen molar-refractivity contribution in [2.24, 2.45) is 0 Å². The third-order valence-electron chi connectivity index (χ3n) is 0.961. The molecule has 5 heteroatoms. The second-order valence-corrected chi connectivity index (χ2v) is 1.97. The van der Waals surface area contributed by atoms with Crippen molar-refractivity contribution in [3.05, 3.63) is 0 Å². The fraction of sp³-hybridized carbons (Fsp3) is 1.00. The Labute approximate surface area is 62.3 Å². The Kier molecular flexibility index (Phi) is 6.21. The van der Waals surface area contributed by atoms with Gasteiger partial charge in [-0.05, 0) is 0 Å². The zero-order chi connectivity index (χ0) is 8.69. The van der Waals surface area contributed by atoms with Gasteiger partial charge in [0, 0.05) is 12.8 Å². The molecule has 0 aliphatic carbocycles. The minimum Gasteiger partial charge on any atom is -0.381 e. The highest BCUT2D eigenvalue weighted by Crippen LogP contribution is 2.01. The molecule has 0 saturated carbocycles. The van der Waals surface area contributed by atoms with Crippen LogP contribution in [0.25, 0.3) is 0 Å². The summed E-state index contributed by atoms with van der Waals surface area (Å²) >= 11 is 0. The predicted octanol–water partition coefficient (Wildman–Crippen LogP) is 2.31. The molecule has 0 rings (SSSR count). The quantitative estimate of drug-likeness (QED) is 0.443. The monoisotopic (exact) mass is 174 g/mol. The second-order valence-electron chi connectivity index (χ2n) is 1.97. The maximum absolute atomic E-state index is 11.4. The second kappa shape index (κ2) is 6.39. The van der Waals surface area contributed by atoms with Crippen LogP contribution in [-0.2, 0) is 4.74 Å². The average molecular weight is 174 g/mol. The maximum atomic E-state index is 11.4. The molecule has 0 bridgehead atoms. The highest BCUT2D eigenvalue weighted by molar-refractivity contribution is 4.41.